The third kappa shape index (κ3) is 3.69. The lowest BCUT2D eigenvalue weighted by Gasteiger charge is -2.09. The highest BCUT2D eigenvalue weighted by molar-refractivity contribution is 5.75. The highest BCUT2D eigenvalue weighted by atomic mass is 16.5. The number of ketones is 1. The summed E-state index contributed by atoms with van der Waals surface area (Å²) in [6.45, 7) is 3.79. The number of carbonyl (C=O) groups excluding carboxylic acids is 1. The standard InChI is InChI=1S/C14H20O2/c1-4-5-13-10-12(7-6-11(2)15)8-9-14(13)16-3/h8-10H,4-7H2,1-3H3. The van der Waals surface area contributed by atoms with E-state index in [2.05, 4.69) is 13.0 Å². The highest BCUT2D eigenvalue weighted by Crippen LogP contribution is 2.22. The molecule has 2 heteroatoms. The second-order valence-corrected chi connectivity index (χ2v) is 4.10. The van der Waals surface area contributed by atoms with E-state index in [0.29, 0.717) is 6.42 Å². The number of rotatable bonds is 6. The summed E-state index contributed by atoms with van der Waals surface area (Å²) in [5, 5.41) is 0. The Hall–Kier alpha value is -1.31. The summed E-state index contributed by atoms with van der Waals surface area (Å²) >= 11 is 0. The monoisotopic (exact) mass is 220 g/mol. The van der Waals surface area contributed by atoms with Crippen molar-refractivity contribution >= 4 is 5.78 Å². The smallest absolute Gasteiger partial charge is 0.130 e. The van der Waals surface area contributed by atoms with Crippen LogP contribution >= 0.6 is 0 Å². The van der Waals surface area contributed by atoms with E-state index in [1.807, 2.05) is 12.1 Å². The van der Waals surface area contributed by atoms with Crippen LogP contribution in [0.15, 0.2) is 18.2 Å². The second kappa shape index (κ2) is 6.31. The lowest BCUT2D eigenvalue weighted by atomic mass is 10.0. The molecule has 0 N–H and O–H groups in total. The molecule has 0 fully saturated rings. The van der Waals surface area contributed by atoms with E-state index in [9.17, 15) is 4.79 Å². The number of methoxy groups -OCH3 is 1. The molecule has 16 heavy (non-hydrogen) atoms. The number of ether oxygens (including phenoxy) is 1. The predicted octanol–water partition coefficient (Wildman–Crippen LogP) is 3.17. The summed E-state index contributed by atoms with van der Waals surface area (Å²) in [5.74, 6) is 1.20. The van der Waals surface area contributed by atoms with Crippen LogP contribution in [0.1, 0.15) is 37.8 Å². The van der Waals surface area contributed by atoms with E-state index in [1.54, 1.807) is 14.0 Å². The quantitative estimate of drug-likeness (QED) is 0.736. The van der Waals surface area contributed by atoms with Gasteiger partial charge in [-0.05, 0) is 37.0 Å². The normalized spacial score (nSPS) is 10.2. The van der Waals surface area contributed by atoms with Gasteiger partial charge in [-0.3, -0.25) is 0 Å². The van der Waals surface area contributed by atoms with Crippen molar-refractivity contribution in [2.24, 2.45) is 0 Å². The number of Topliss-reactive ketones (excluding diaryl/α,β-unsaturated/α-hetero) is 1. The molecule has 0 bridgehead atoms. The molecule has 0 atom stereocenters. The van der Waals surface area contributed by atoms with Crippen LogP contribution in [-0.4, -0.2) is 12.9 Å². The van der Waals surface area contributed by atoms with Crippen LogP contribution in [-0.2, 0) is 17.6 Å². The summed E-state index contributed by atoms with van der Waals surface area (Å²) < 4.78 is 5.31. The maximum absolute atomic E-state index is 10.9. The first-order chi connectivity index (χ1) is 7.67. The molecule has 0 saturated carbocycles. The number of carbonyl (C=O) groups is 1. The zero-order valence-electron chi connectivity index (χ0n) is 10.4. The Morgan fingerprint density at radius 1 is 1.31 bits per heavy atom. The molecular formula is C14H20O2. The molecule has 0 aliphatic heterocycles. The molecule has 0 aliphatic rings. The van der Waals surface area contributed by atoms with Crippen LogP contribution in [0.3, 0.4) is 0 Å². The molecule has 88 valence electrons. The lowest BCUT2D eigenvalue weighted by Crippen LogP contribution is -1.97. The Labute approximate surface area is 97.6 Å². The molecule has 1 aromatic carbocycles. The molecule has 1 aromatic rings. The summed E-state index contributed by atoms with van der Waals surface area (Å²) in [6, 6.07) is 6.20. The average Bonchev–Trinajstić information content (AvgIpc) is 2.27. The maximum Gasteiger partial charge on any atom is 0.130 e. The molecule has 0 spiro atoms. The summed E-state index contributed by atoms with van der Waals surface area (Å²) in [4.78, 5) is 10.9. The number of aryl methyl sites for hydroxylation is 2. The maximum atomic E-state index is 10.9. The molecule has 0 saturated heterocycles. The molecule has 0 radical (unpaired) electrons. The van der Waals surface area contributed by atoms with Gasteiger partial charge in [0.1, 0.15) is 11.5 Å². The molecule has 1 rings (SSSR count). The number of hydrogen-bond donors (Lipinski definition) is 0. The largest absolute Gasteiger partial charge is 0.496 e. The third-order valence-corrected chi connectivity index (χ3v) is 2.63. The van der Waals surface area contributed by atoms with E-state index in [4.69, 9.17) is 4.74 Å². The minimum absolute atomic E-state index is 0.243. The fourth-order valence-corrected chi connectivity index (χ4v) is 1.77. The second-order valence-electron chi connectivity index (χ2n) is 4.10. The Morgan fingerprint density at radius 2 is 2.06 bits per heavy atom. The SMILES string of the molecule is CCCc1cc(CCC(C)=O)ccc1OC. The zero-order chi connectivity index (χ0) is 12.0. The van der Waals surface area contributed by atoms with Crippen molar-refractivity contribution in [1.82, 2.24) is 0 Å². The minimum atomic E-state index is 0.243. The van der Waals surface area contributed by atoms with Crippen molar-refractivity contribution in [2.75, 3.05) is 7.11 Å². The summed E-state index contributed by atoms with van der Waals surface area (Å²) in [7, 11) is 1.70. The van der Waals surface area contributed by atoms with Gasteiger partial charge in [0.05, 0.1) is 7.11 Å². The van der Waals surface area contributed by atoms with E-state index < -0.39 is 0 Å². The summed E-state index contributed by atoms with van der Waals surface area (Å²) in [6.07, 6.45) is 3.58. The van der Waals surface area contributed by atoms with E-state index >= 15 is 0 Å². The Bertz CT molecular complexity index is 356. The zero-order valence-corrected chi connectivity index (χ0v) is 10.4. The van der Waals surface area contributed by atoms with Crippen molar-refractivity contribution < 1.29 is 9.53 Å². The third-order valence-electron chi connectivity index (χ3n) is 2.63. The van der Waals surface area contributed by atoms with Crippen molar-refractivity contribution in [3.8, 4) is 5.75 Å². The Morgan fingerprint density at radius 3 is 2.62 bits per heavy atom. The van der Waals surface area contributed by atoms with Crippen LogP contribution in [0.4, 0.5) is 0 Å². The van der Waals surface area contributed by atoms with Crippen LogP contribution in [0.2, 0.25) is 0 Å². The van der Waals surface area contributed by atoms with Crippen molar-refractivity contribution in [3.63, 3.8) is 0 Å². The van der Waals surface area contributed by atoms with E-state index in [1.165, 1.54) is 11.1 Å². The molecule has 0 unspecified atom stereocenters. The molecule has 0 aliphatic carbocycles. The van der Waals surface area contributed by atoms with Gasteiger partial charge >= 0.3 is 0 Å². The van der Waals surface area contributed by atoms with Gasteiger partial charge in [0, 0.05) is 6.42 Å². The predicted molar refractivity (Wildman–Crippen MR) is 66.0 cm³/mol. The lowest BCUT2D eigenvalue weighted by molar-refractivity contribution is -0.116. The number of hydrogen-bond acceptors (Lipinski definition) is 2. The van der Waals surface area contributed by atoms with Gasteiger partial charge in [-0.1, -0.05) is 25.5 Å². The Kier molecular flexibility index (Phi) is 5.03. The molecule has 2 nitrogen and oxygen atoms in total. The fourth-order valence-electron chi connectivity index (χ4n) is 1.77. The van der Waals surface area contributed by atoms with E-state index in [-0.39, 0.29) is 5.78 Å². The van der Waals surface area contributed by atoms with Crippen LogP contribution < -0.4 is 4.74 Å². The minimum Gasteiger partial charge on any atom is -0.496 e. The first kappa shape index (κ1) is 12.8. The molecular weight excluding hydrogens is 200 g/mol. The van der Waals surface area contributed by atoms with Crippen molar-refractivity contribution in [3.05, 3.63) is 29.3 Å². The van der Waals surface area contributed by atoms with Crippen molar-refractivity contribution in [1.29, 1.82) is 0 Å². The molecule has 0 amide bonds. The van der Waals surface area contributed by atoms with Gasteiger partial charge in [0.2, 0.25) is 0 Å². The van der Waals surface area contributed by atoms with Gasteiger partial charge in [0.25, 0.3) is 0 Å². The van der Waals surface area contributed by atoms with Crippen LogP contribution in [0.5, 0.6) is 5.75 Å². The first-order valence-electron chi connectivity index (χ1n) is 5.82. The van der Waals surface area contributed by atoms with Gasteiger partial charge in [0.15, 0.2) is 0 Å². The van der Waals surface area contributed by atoms with Gasteiger partial charge in [-0.25, -0.2) is 0 Å². The number of benzene rings is 1. The molecule has 0 heterocycles. The van der Waals surface area contributed by atoms with E-state index in [0.717, 1.165) is 25.0 Å². The van der Waals surface area contributed by atoms with Crippen molar-refractivity contribution in [2.45, 2.75) is 39.5 Å². The van der Waals surface area contributed by atoms with Gasteiger partial charge < -0.3 is 9.53 Å². The Balaban J connectivity index is 2.79. The van der Waals surface area contributed by atoms with Crippen LogP contribution in [0, 0.1) is 0 Å². The fraction of sp³-hybridized carbons (Fsp3) is 0.500. The summed E-state index contributed by atoms with van der Waals surface area (Å²) in [5.41, 5.74) is 2.46. The highest BCUT2D eigenvalue weighted by Gasteiger charge is 2.04. The average molecular weight is 220 g/mol. The van der Waals surface area contributed by atoms with Gasteiger partial charge in [-0.15, -0.1) is 0 Å². The topological polar surface area (TPSA) is 26.3 Å². The van der Waals surface area contributed by atoms with Gasteiger partial charge in [-0.2, -0.15) is 0 Å². The molecule has 0 aromatic heterocycles. The van der Waals surface area contributed by atoms with Crippen LogP contribution in [0.25, 0.3) is 0 Å². The first-order valence-corrected chi connectivity index (χ1v) is 5.82.